The normalized spacial score (nSPS) is 10.8. The lowest BCUT2D eigenvalue weighted by Gasteiger charge is -2.09. The summed E-state index contributed by atoms with van der Waals surface area (Å²) >= 11 is 3.44. The van der Waals surface area contributed by atoms with Crippen LogP contribution in [0.25, 0.3) is 0 Å². The molecule has 3 rings (SSSR count). The first-order chi connectivity index (χ1) is 14.9. The van der Waals surface area contributed by atoms with Crippen molar-refractivity contribution in [1.82, 2.24) is 5.43 Å². The molecule has 6 nitrogen and oxygen atoms in total. The van der Waals surface area contributed by atoms with Crippen LogP contribution in [0.1, 0.15) is 27.0 Å². The van der Waals surface area contributed by atoms with Gasteiger partial charge in [-0.3, -0.25) is 4.79 Å². The molecular formula is C23H18BrFN2O4. The summed E-state index contributed by atoms with van der Waals surface area (Å²) in [6.07, 6.45) is 1.60. The third-order valence-corrected chi connectivity index (χ3v) is 4.85. The lowest BCUT2D eigenvalue weighted by Crippen LogP contribution is -2.19. The lowest BCUT2D eigenvalue weighted by atomic mass is 10.1. The molecule has 0 saturated heterocycles. The molecule has 0 unspecified atom stereocenters. The van der Waals surface area contributed by atoms with E-state index in [1.807, 2.05) is 0 Å². The average Bonchev–Trinajstić information content (AvgIpc) is 2.75. The monoisotopic (exact) mass is 484 g/mol. The molecule has 0 heterocycles. The summed E-state index contributed by atoms with van der Waals surface area (Å²) < 4.78 is 19.4. The molecule has 0 aliphatic heterocycles. The van der Waals surface area contributed by atoms with E-state index < -0.39 is 5.97 Å². The van der Waals surface area contributed by atoms with Gasteiger partial charge in [-0.05, 0) is 75.1 Å². The SMILES string of the molecule is O=C(Cc1ccc(F)cc1)N/N=C/c1ccc(OCc2ccc(C(=O)O)cc2)c(Br)c1. The van der Waals surface area contributed by atoms with Gasteiger partial charge in [0, 0.05) is 0 Å². The quantitative estimate of drug-likeness (QED) is 0.362. The molecule has 0 aromatic heterocycles. The van der Waals surface area contributed by atoms with Gasteiger partial charge >= 0.3 is 5.97 Å². The standard InChI is InChI=1S/C23H18BrFN2O4/c24-20-11-17(13-26-27-22(28)12-15-3-8-19(25)9-4-15)5-10-21(20)31-14-16-1-6-18(7-2-16)23(29)30/h1-11,13H,12,14H2,(H,27,28)(H,29,30)/b26-13+. The molecule has 0 radical (unpaired) electrons. The predicted octanol–water partition coefficient (Wildman–Crippen LogP) is 4.56. The summed E-state index contributed by atoms with van der Waals surface area (Å²) in [4.78, 5) is 22.8. The van der Waals surface area contributed by atoms with Crippen LogP contribution < -0.4 is 10.2 Å². The second-order valence-corrected chi connectivity index (χ2v) is 7.43. The second-order valence-electron chi connectivity index (χ2n) is 6.58. The average molecular weight is 485 g/mol. The Morgan fingerprint density at radius 2 is 1.71 bits per heavy atom. The van der Waals surface area contributed by atoms with Crippen molar-refractivity contribution in [2.45, 2.75) is 13.0 Å². The Balaban J connectivity index is 1.51. The lowest BCUT2D eigenvalue weighted by molar-refractivity contribution is -0.120. The Bertz CT molecular complexity index is 1100. The summed E-state index contributed by atoms with van der Waals surface area (Å²) in [6.45, 7) is 0.283. The van der Waals surface area contributed by atoms with Crippen molar-refractivity contribution >= 4 is 34.0 Å². The number of carboxylic acid groups (broad SMARTS) is 1. The van der Waals surface area contributed by atoms with Crippen LogP contribution in [-0.2, 0) is 17.8 Å². The van der Waals surface area contributed by atoms with Gasteiger partial charge in [0.05, 0.1) is 22.7 Å². The van der Waals surface area contributed by atoms with Crippen LogP contribution >= 0.6 is 15.9 Å². The Kier molecular flexibility index (Phi) is 7.50. The fraction of sp³-hybridized carbons (Fsp3) is 0.0870. The molecule has 0 aliphatic rings. The highest BCUT2D eigenvalue weighted by molar-refractivity contribution is 9.10. The van der Waals surface area contributed by atoms with Crippen LogP contribution in [-0.4, -0.2) is 23.2 Å². The predicted molar refractivity (Wildman–Crippen MR) is 118 cm³/mol. The first kappa shape index (κ1) is 22.2. The summed E-state index contributed by atoms with van der Waals surface area (Å²) in [7, 11) is 0. The molecule has 0 fully saturated rings. The van der Waals surface area contributed by atoms with Gasteiger partial charge in [-0.2, -0.15) is 5.10 Å². The van der Waals surface area contributed by atoms with Gasteiger partial charge in [-0.25, -0.2) is 14.6 Å². The summed E-state index contributed by atoms with van der Waals surface area (Å²) in [5.74, 6) is -1.02. The van der Waals surface area contributed by atoms with Crippen molar-refractivity contribution in [2.24, 2.45) is 5.10 Å². The highest BCUT2D eigenvalue weighted by atomic mass is 79.9. The first-order valence-electron chi connectivity index (χ1n) is 9.21. The van der Waals surface area contributed by atoms with E-state index in [-0.39, 0.29) is 30.3 Å². The fourth-order valence-electron chi connectivity index (χ4n) is 2.63. The van der Waals surface area contributed by atoms with Crippen LogP contribution in [0.3, 0.4) is 0 Å². The molecule has 1 amide bonds. The number of aromatic carboxylic acids is 1. The van der Waals surface area contributed by atoms with Crippen molar-refractivity contribution in [3.63, 3.8) is 0 Å². The molecule has 8 heteroatoms. The molecule has 158 valence electrons. The van der Waals surface area contributed by atoms with Crippen molar-refractivity contribution < 1.29 is 23.8 Å². The van der Waals surface area contributed by atoms with E-state index in [2.05, 4.69) is 26.5 Å². The topological polar surface area (TPSA) is 88.0 Å². The van der Waals surface area contributed by atoms with Crippen LogP contribution in [0.5, 0.6) is 5.75 Å². The van der Waals surface area contributed by atoms with Gasteiger partial charge < -0.3 is 9.84 Å². The molecule has 3 aromatic carbocycles. The maximum Gasteiger partial charge on any atom is 0.335 e. The third kappa shape index (κ3) is 6.75. The van der Waals surface area contributed by atoms with E-state index in [1.54, 1.807) is 42.5 Å². The Labute approximate surface area is 186 Å². The molecule has 0 spiro atoms. The van der Waals surface area contributed by atoms with E-state index in [0.717, 1.165) is 11.1 Å². The molecule has 3 aromatic rings. The zero-order chi connectivity index (χ0) is 22.2. The zero-order valence-corrected chi connectivity index (χ0v) is 17.8. The van der Waals surface area contributed by atoms with Crippen LogP contribution in [0.4, 0.5) is 4.39 Å². The summed E-state index contributed by atoms with van der Waals surface area (Å²) in [5.41, 5.74) is 4.93. The highest BCUT2D eigenvalue weighted by Crippen LogP contribution is 2.26. The number of amides is 1. The number of hydrogen-bond donors (Lipinski definition) is 2. The van der Waals surface area contributed by atoms with Gasteiger partial charge in [0.1, 0.15) is 18.2 Å². The van der Waals surface area contributed by atoms with Gasteiger partial charge in [0.25, 0.3) is 0 Å². The van der Waals surface area contributed by atoms with Gasteiger partial charge in [0.15, 0.2) is 0 Å². The van der Waals surface area contributed by atoms with E-state index in [0.29, 0.717) is 15.8 Å². The Morgan fingerprint density at radius 3 is 2.35 bits per heavy atom. The van der Waals surface area contributed by atoms with Crippen molar-refractivity contribution in [2.75, 3.05) is 0 Å². The van der Waals surface area contributed by atoms with Crippen LogP contribution in [0.2, 0.25) is 0 Å². The van der Waals surface area contributed by atoms with Crippen molar-refractivity contribution in [1.29, 1.82) is 0 Å². The number of carbonyl (C=O) groups excluding carboxylic acids is 1. The van der Waals surface area contributed by atoms with E-state index in [9.17, 15) is 14.0 Å². The first-order valence-corrected chi connectivity index (χ1v) is 10.0. The van der Waals surface area contributed by atoms with Gasteiger partial charge in [0.2, 0.25) is 5.91 Å². The number of benzene rings is 3. The summed E-state index contributed by atoms with van der Waals surface area (Å²) in [6, 6.07) is 17.5. The van der Waals surface area contributed by atoms with E-state index in [4.69, 9.17) is 9.84 Å². The maximum atomic E-state index is 12.9. The number of halogens is 2. The smallest absolute Gasteiger partial charge is 0.335 e. The van der Waals surface area contributed by atoms with Crippen molar-refractivity contribution in [3.05, 3.63) is 99.3 Å². The molecule has 31 heavy (non-hydrogen) atoms. The number of carbonyl (C=O) groups is 2. The highest BCUT2D eigenvalue weighted by Gasteiger charge is 2.06. The number of ether oxygens (including phenoxy) is 1. The Hall–Kier alpha value is -3.52. The molecule has 0 saturated carbocycles. The van der Waals surface area contributed by atoms with Crippen LogP contribution in [0.15, 0.2) is 76.3 Å². The number of carboxylic acids is 1. The van der Waals surface area contributed by atoms with Crippen molar-refractivity contribution in [3.8, 4) is 5.75 Å². The summed E-state index contributed by atoms with van der Waals surface area (Å²) in [5, 5.41) is 12.9. The number of nitrogens with zero attached hydrogens (tertiary/aromatic N) is 1. The number of nitrogens with one attached hydrogen (secondary N) is 1. The molecule has 0 atom stereocenters. The maximum absolute atomic E-state index is 12.9. The second kappa shape index (κ2) is 10.5. The third-order valence-electron chi connectivity index (χ3n) is 4.23. The fourth-order valence-corrected chi connectivity index (χ4v) is 3.14. The zero-order valence-electron chi connectivity index (χ0n) is 16.2. The van der Waals surface area contributed by atoms with Crippen LogP contribution in [0, 0.1) is 5.82 Å². The minimum atomic E-state index is -0.973. The number of hydrazone groups is 1. The van der Waals surface area contributed by atoms with E-state index in [1.165, 1.54) is 30.5 Å². The van der Waals surface area contributed by atoms with E-state index >= 15 is 0 Å². The van der Waals surface area contributed by atoms with Gasteiger partial charge in [-0.15, -0.1) is 0 Å². The molecule has 0 aliphatic carbocycles. The molecule has 0 bridgehead atoms. The largest absolute Gasteiger partial charge is 0.488 e. The number of hydrogen-bond acceptors (Lipinski definition) is 4. The molecular weight excluding hydrogens is 467 g/mol. The minimum absolute atomic E-state index is 0.0987. The number of rotatable bonds is 8. The minimum Gasteiger partial charge on any atom is -0.488 e. The van der Waals surface area contributed by atoms with Gasteiger partial charge in [-0.1, -0.05) is 24.3 Å². The molecule has 2 N–H and O–H groups in total. The Morgan fingerprint density at radius 1 is 1.03 bits per heavy atom.